The molecule has 0 atom stereocenters. The SMILES string of the molecule is N=C(N)c1nc2ccccc2n1/C=C/CC1=CC=CC1. The predicted molar refractivity (Wildman–Crippen MR) is 82.5 cm³/mol. The van der Waals surface area contributed by atoms with Crippen molar-refractivity contribution in [1.29, 1.82) is 5.41 Å². The first kappa shape index (κ1) is 12.4. The second kappa shape index (κ2) is 5.17. The molecular weight excluding hydrogens is 248 g/mol. The molecule has 1 aromatic carbocycles. The molecule has 0 amide bonds. The Kier molecular flexibility index (Phi) is 3.21. The maximum atomic E-state index is 7.65. The quantitative estimate of drug-likeness (QED) is 0.658. The van der Waals surface area contributed by atoms with Gasteiger partial charge in [-0.15, -0.1) is 0 Å². The minimum atomic E-state index is -0.0207. The summed E-state index contributed by atoms with van der Waals surface area (Å²) in [5, 5.41) is 7.65. The molecule has 4 nitrogen and oxygen atoms in total. The van der Waals surface area contributed by atoms with Crippen molar-refractivity contribution < 1.29 is 0 Å². The molecule has 1 aromatic heterocycles. The molecule has 0 radical (unpaired) electrons. The normalized spacial score (nSPS) is 14.3. The van der Waals surface area contributed by atoms with E-state index in [1.54, 1.807) is 0 Å². The number of aromatic nitrogens is 2. The Morgan fingerprint density at radius 3 is 3.00 bits per heavy atom. The molecule has 1 aliphatic carbocycles. The smallest absolute Gasteiger partial charge is 0.180 e. The van der Waals surface area contributed by atoms with Gasteiger partial charge in [-0.3, -0.25) is 9.98 Å². The number of rotatable bonds is 4. The average Bonchev–Trinajstić information content (AvgIpc) is 3.07. The van der Waals surface area contributed by atoms with Gasteiger partial charge in [0.05, 0.1) is 11.0 Å². The van der Waals surface area contributed by atoms with Crippen molar-refractivity contribution in [2.45, 2.75) is 12.8 Å². The number of hydrogen-bond donors (Lipinski definition) is 2. The van der Waals surface area contributed by atoms with Crippen molar-refractivity contribution in [1.82, 2.24) is 9.55 Å². The van der Waals surface area contributed by atoms with Gasteiger partial charge >= 0.3 is 0 Å². The van der Waals surface area contributed by atoms with E-state index in [9.17, 15) is 0 Å². The number of nitrogens with zero attached hydrogens (tertiary/aromatic N) is 2. The van der Waals surface area contributed by atoms with Gasteiger partial charge in [0.15, 0.2) is 11.7 Å². The highest BCUT2D eigenvalue weighted by atomic mass is 15.1. The standard InChI is InChI=1S/C16H16N4/c17-15(18)16-19-13-9-3-4-10-14(13)20(16)11-5-8-12-6-1-2-7-12/h1-6,9-11H,7-8H2,(H3,17,18)/b11-5+. The van der Waals surface area contributed by atoms with Crippen molar-refractivity contribution in [2.24, 2.45) is 5.73 Å². The molecule has 20 heavy (non-hydrogen) atoms. The maximum Gasteiger partial charge on any atom is 0.180 e. The number of para-hydroxylation sites is 2. The van der Waals surface area contributed by atoms with Crippen molar-refractivity contribution in [2.75, 3.05) is 0 Å². The molecule has 100 valence electrons. The summed E-state index contributed by atoms with van der Waals surface area (Å²) in [6, 6.07) is 7.80. The number of imidazole rings is 1. The lowest BCUT2D eigenvalue weighted by molar-refractivity contribution is 1.09. The Hall–Kier alpha value is -2.62. The summed E-state index contributed by atoms with van der Waals surface area (Å²) in [5.41, 5.74) is 8.82. The summed E-state index contributed by atoms with van der Waals surface area (Å²) in [4.78, 5) is 4.40. The van der Waals surface area contributed by atoms with Crippen LogP contribution in [0.3, 0.4) is 0 Å². The molecule has 0 fully saturated rings. The number of allylic oxidation sites excluding steroid dienone is 5. The number of nitrogen functional groups attached to an aromatic ring is 1. The van der Waals surface area contributed by atoms with Crippen LogP contribution in [0.15, 0.2) is 54.1 Å². The molecule has 0 unspecified atom stereocenters. The molecule has 3 N–H and O–H groups in total. The number of nitrogens with one attached hydrogen (secondary N) is 1. The third-order valence-electron chi connectivity index (χ3n) is 3.32. The summed E-state index contributed by atoms with van der Waals surface area (Å²) in [5.74, 6) is 0.466. The van der Waals surface area contributed by atoms with Crippen LogP contribution in [0.2, 0.25) is 0 Å². The zero-order valence-corrected chi connectivity index (χ0v) is 11.1. The van der Waals surface area contributed by atoms with Crippen LogP contribution in [-0.2, 0) is 0 Å². The van der Waals surface area contributed by atoms with E-state index >= 15 is 0 Å². The van der Waals surface area contributed by atoms with Crippen LogP contribution in [0.4, 0.5) is 0 Å². The van der Waals surface area contributed by atoms with Crippen molar-refractivity contribution in [3.8, 4) is 0 Å². The highest BCUT2D eigenvalue weighted by Crippen LogP contribution is 2.18. The largest absolute Gasteiger partial charge is 0.381 e. The van der Waals surface area contributed by atoms with Gasteiger partial charge in [-0.2, -0.15) is 0 Å². The Bertz CT molecular complexity index is 747. The van der Waals surface area contributed by atoms with E-state index in [0.29, 0.717) is 5.82 Å². The minimum Gasteiger partial charge on any atom is -0.381 e. The van der Waals surface area contributed by atoms with E-state index < -0.39 is 0 Å². The first-order valence-corrected chi connectivity index (χ1v) is 6.58. The van der Waals surface area contributed by atoms with E-state index in [0.717, 1.165) is 23.9 Å². The second-order valence-electron chi connectivity index (χ2n) is 4.75. The third kappa shape index (κ3) is 2.28. The van der Waals surface area contributed by atoms with Gasteiger partial charge in [0.1, 0.15) is 0 Å². The fourth-order valence-electron chi connectivity index (χ4n) is 2.34. The van der Waals surface area contributed by atoms with Crippen molar-refractivity contribution in [3.63, 3.8) is 0 Å². The Morgan fingerprint density at radius 1 is 1.40 bits per heavy atom. The molecule has 0 saturated heterocycles. The van der Waals surface area contributed by atoms with Gasteiger partial charge in [-0.05, 0) is 25.0 Å². The molecule has 2 aromatic rings. The zero-order chi connectivity index (χ0) is 13.9. The van der Waals surface area contributed by atoms with Gasteiger partial charge in [-0.1, -0.05) is 42.0 Å². The molecule has 1 aliphatic rings. The summed E-state index contributed by atoms with van der Waals surface area (Å²) in [7, 11) is 0. The topological polar surface area (TPSA) is 67.7 Å². The summed E-state index contributed by atoms with van der Waals surface area (Å²) < 4.78 is 1.88. The van der Waals surface area contributed by atoms with Crippen molar-refractivity contribution in [3.05, 3.63) is 60.0 Å². The molecule has 4 heteroatoms. The number of amidine groups is 1. The van der Waals surface area contributed by atoms with E-state index in [4.69, 9.17) is 11.1 Å². The first-order valence-electron chi connectivity index (χ1n) is 6.58. The van der Waals surface area contributed by atoms with Crippen LogP contribution < -0.4 is 5.73 Å². The summed E-state index contributed by atoms with van der Waals surface area (Å²) in [6.45, 7) is 0. The molecular formula is C16H16N4. The monoisotopic (exact) mass is 264 g/mol. The maximum absolute atomic E-state index is 7.65. The van der Waals surface area contributed by atoms with Crippen LogP contribution in [0.25, 0.3) is 17.2 Å². The van der Waals surface area contributed by atoms with E-state index in [1.165, 1.54) is 5.57 Å². The van der Waals surface area contributed by atoms with E-state index in [1.807, 2.05) is 35.0 Å². The van der Waals surface area contributed by atoms with Gasteiger partial charge in [0.25, 0.3) is 0 Å². The first-order chi connectivity index (χ1) is 9.75. The zero-order valence-electron chi connectivity index (χ0n) is 11.1. The Morgan fingerprint density at radius 2 is 2.25 bits per heavy atom. The van der Waals surface area contributed by atoms with Crippen molar-refractivity contribution >= 4 is 23.1 Å². The van der Waals surface area contributed by atoms with Crippen LogP contribution in [0, 0.1) is 5.41 Å². The molecule has 0 saturated carbocycles. The number of fused-ring (bicyclic) bond motifs is 1. The van der Waals surface area contributed by atoms with Crippen LogP contribution in [-0.4, -0.2) is 15.4 Å². The number of nitrogens with two attached hydrogens (primary N) is 1. The third-order valence-corrected chi connectivity index (χ3v) is 3.32. The predicted octanol–water partition coefficient (Wildman–Crippen LogP) is 3.07. The van der Waals surface area contributed by atoms with Gasteiger partial charge in [0, 0.05) is 6.20 Å². The Labute approximate surface area is 117 Å². The molecule has 0 aliphatic heterocycles. The second-order valence-corrected chi connectivity index (χ2v) is 4.75. The molecule has 0 spiro atoms. The van der Waals surface area contributed by atoms with Gasteiger partial charge in [-0.25, -0.2) is 4.98 Å². The number of hydrogen-bond acceptors (Lipinski definition) is 2. The lowest BCUT2D eigenvalue weighted by atomic mass is 10.1. The fraction of sp³-hybridized carbons (Fsp3) is 0.125. The highest BCUT2D eigenvalue weighted by Gasteiger charge is 2.10. The summed E-state index contributed by atoms with van der Waals surface area (Å²) in [6.07, 6.45) is 12.3. The fourth-order valence-corrected chi connectivity index (χ4v) is 2.34. The Balaban J connectivity index is 1.94. The molecule has 0 bridgehead atoms. The van der Waals surface area contributed by atoms with Gasteiger partial charge < -0.3 is 5.73 Å². The lowest BCUT2D eigenvalue weighted by Crippen LogP contribution is -2.16. The molecule has 3 rings (SSSR count). The molecule has 1 heterocycles. The lowest BCUT2D eigenvalue weighted by Gasteiger charge is -2.02. The minimum absolute atomic E-state index is 0.0207. The van der Waals surface area contributed by atoms with Crippen LogP contribution >= 0.6 is 0 Å². The van der Waals surface area contributed by atoms with E-state index in [2.05, 4.69) is 29.3 Å². The van der Waals surface area contributed by atoms with Crippen LogP contribution in [0.5, 0.6) is 0 Å². The average molecular weight is 264 g/mol. The summed E-state index contributed by atoms with van der Waals surface area (Å²) >= 11 is 0. The number of benzene rings is 1. The van der Waals surface area contributed by atoms with E-state index in [-0.39, 0.29) is 5.84 Å². The van der Waals surface area contributed by atoms with Crippen LogP contribution in [0.1, 0.15) is 18.7 Å². The van der Waals surface area contributed by atoms with Gasteiger partial charge in [0.2, 0.25) is 0 Å². The highest BCUT2D eigenvalue weighted by molar-refractivity contribution is 5.96.